The van der Waals surface area contributed by atoms with Crippen LogP contribution in [-0.4, -0.2) is 19.5 Å². The molecule has 2 N–H and O–H groups in total. The van der Waals surface area contributed by atoms with Gasteiger partial charge in [0.05, 0.1) is 17.9 Å². The van der Waals surface area contributed by atoms with Gasteiger partial charge < -0.3 is 5.32 Å². The Bertz CT molecular complexity index is 313. The fourth-order valence-corrected chi connectivity index (χ4v) is 1.48. The molecule has 0 atom stereocenters. The van der Waals surface area contributed by atoms with Gasteiger partial charge in [-0.3, -0.25) is 15.2 Å². The second-order valence-corrected chi connectivity index (χ2v) is 2.84. The first-order valence-corrected chi connectivity index (χ1v) is 4.22. The van der Waals surface area contributed by atoms with Crippen molar-refractivity contribution in [3.05, 3.63) is 24.3 Å². The van der Waals surface area contributed by atoms with Crippen molar-refractivity contribution >= 4 is 17.8 Å². The van der Waals surface area contributed by atoms with Gasteiger partial charge >= 0.3 is 0 Å². The number of anilines is 2. The van der Waals surface area contributed by atoms with Gasteiger partial charge in [0.2, 0.25) is 6.41 Å². The SMILES string of the molecule is O=CNN1CCNc2ccccc21. The van der Waals surface area contributed by atoms with Gasteiger partial charge in [-0.1, -0.05) is 12.1 Å². The van der Waals surface area contributed by atoms with Crippen LogP contribution in [0.5, 0.6) is 0 Å². The molecule has 13 heavy (non-hydrogen) atoms. The maximum atomic E-state index is 10.3. The third-order valence-electron chi connectivity index (χ3n) is 2.05. The van der Waals surface area contributed by atoms with Gasteiger partial charge in [0.25, 0.3) is 0 Å². The summed E-state index contributed by atoms with van der Waals surface area (Å²) in [7, 11) is 0. The molecule has 1 heterocycles. The van der Waals surface area contributed by atoms with Gasteiger partial charge in [-0.05, 0) is 12.1 Å². The standard InChI is InChI=1S/C9H11N3O/c13-7-11-12-6-5-10-8-3-1-2-4-9(8)12/h1-4,7,10H,5-6H2,(H,11,13). The van der Waals surface area contributed by atoms with Crippen molar-refractivity contribution in [3.8, 4) is 0 Å². The minimum atomic E-state index is 0.697. The first-order valence-electron chi connectivity index (χ1n) is 4.22. The molecule has 68 valence electrons. The van der Waals surface area contributed by atoms with E-state index in [9.17, 15) is 4.79 Å². The second kappa shape index (κ2) is 3.35. The van der Waals surface area contributed by atoms with Crippen LogP contribution in [0.15, 0.2) is 24.3 Å². The normalized spacial score (nSPS) is 14.3. The Balaban J connectivity index is 2.31. The van der Waals surface area contributed by atoms with Crippen molar-refractivity contribution in [2.24, 2.45) is 0 Å². The van der Waals surface area contributed by atoms with Crippen molar-refractivity contribution in [2.45, 2.75) is 0 Å². The maximum Gasteiger partial charge on any atom is 0.225 e. The van der Waals surface area contributed by atoms with Crippen LogP contribution in [0.4, 0.5) is 11.4 Å². The Hall–Kier alpha value is -1.71. The smallest absolute Gasteiger partial charge is 0.225 e. The summed E-state index contributed by atoms with van der Waals surface area (Å²) in [5, 5.41) is 5.09. The van der Waals surface area contributed by atoms with E-state index < -0.39 is 0 Å². The van der Waals surface area contributed by atoms with E-state index in [2.05, 4.69) is 10.7 Å². The van der Waals surface area contributed by atoms with Crippen LogP contribution in [0, 0.1) is 0 Å². The van der Waals surface area contributed by atoms with E-state index in [0.29, 0.717) is 6.41 Å². The quantitative estimate of drug-likeness (QED) is 0.649. The molecule has 0 saturated heterocycles. The lowest BCUT2D eigenvalue weighted by Crippen LogP contribution is -2.43. The van der Waals surface area contributed by atoms with Gasteiger partial charge in [-0.25, -0.2) is 0 Å². The van der Waals surface area contributed by atoms with E-state index in [1.807, 2.05) is 29.3 Å². The van der Waals surface area contributed by atoms with E-state index in [0.717, 1.165) is 24.5 Å². The number of hydrogen-bond donors (Lipinski definition) is 2. The third kappa shape index (κ3) is 1.42. The highest BCUT2D eigenvalue weighted by atomic mass is 16.1. The monoisotopic (exact) mass is 177 g/mol. The lowest BCUT2D eigenvalue weighted by Gasteiger charge is -2.30. The lowest BCUT2D eigenvalue weighted by molar-refractivity contribution is -0.109. The molecule has 2 rings (SSSR count). The van der Waals surface area contributed by atoms with E-state index in [4.69, 9.17) is 0 Å². The second-order valence-electron chi connectivity index (χ2n) is 2.84. The van der Waals surface area contributed by atoms with Crippen LogP contribution in [0.1, 0.15) is 0 Å². The van der Waals surface area contributed by atoms with Crippen LogP contribution >= 0.6 is 0 Å². The van der Waals surface area contributed by atoms with E-state index in [1.54, 1.807) is 0 Å². The largest absolute Gasteiger partial charge is 0.381 e. The number of hydrogen-bond acceptors (Lipinski definition) is 3. The average molecular weight is 177 g/mol. The predicted octanol–water partition coefficient (Wildman–Crippen LogP) is 0.579. The van der Waals surface area contributed by atoms with E-state index in [1.165, 1.54) is 0 Å². The fraction of sp³-hybridized carbons (Fsp3) is 0.222. The van der Waals surface area contributed by atoms with E-state index >= 15 is 0 Å². The van der Waals surface area contributed by atoms with Crippen LogP contribution in [0.3, 0.4) is 0 Å². The van der Waals surface area contributed by atoms with Crippen molar-refractivity contribution in [3.63, 3.8) is 0 Å². The zero-order chi connectivity index (χ0) is 9.10. The van der Waals surface area contributed by atoms with Crippen molar-refractivity contribution in [2.75, 3.05) is 23.4 Å². The highest BCUT2D eigenvalue weighted by Gasteiger charge is 2.14. The molecule has 0 aliphatic carbocycles. The predicted molar refractivity (Wildman–Crippen MR) is 51.5 cm³/mol. The molecule has 0 unspecified atom stereocenters. The summed E-state index contributed by atoms with van der Waals surface area (Å²) in [6, 6.07) is 7.88. The molecular formula is C9H11N3O. The zero-order valence-electron chi connectivity index (χ0n) is 7.16. The number of nitrogens with one attached hydrogen (secondary N) is 2. The molecule has 0 radical (unpaired) electrons. The van der Waals surface area contributed by atoms with Gasteiger partial charge in [-0.15, -0.1) is 0 Å². The van der Waals surface area contributed by atoms with Crippen LogP contribution in [0.2, 0.25) is 0 Å². The molecule has 1 amide bonds. The lowest BCUT2D eigenvalue weighted by atomic mass is 10.2. The van der Waals surface area contributed by atoms with Crippen LogP contribution in [-0.2, 0) is 4.79 Å². The summed E-state index contributed by atoms with van der Waals surface area (Å²) in [5.74, 6) is 0. The van der Waals surface area contributed by atoms with Crippen molar-refractivity contribution in [1.29, 1.82) is 0 Å². The molecule has 0 fully saturated rings. The minimum Gasteiger partial charge on any atom is -0.381 e. The molecule has 0 saturated carbocycles. The Morgan fingerprint density at radius 3 is 3.15 bits per heavy atom. The first-order chi connectivity index (χ1) is 6.42. The number of fused-ring (bicyclic) bond motifs is 1. The van der Waals surface area contributed by atoms with Crippen molar-refractivity contribution in [1.82, 2.24) is 5.43 Å². The number of benzene rings is 1. The summed E-state index contributed by atoms with van der Waals surface area (Å²) >= 11 is 0. The Morgan fingerprint density at radius 1 is 1.46 bits per heavy atom. The third-order valence-corrected chi connectivity index (χ3v) is 2.05. The Kier molecular flexibility index (Phi) is 2.04. The molecule has 1 aromatic carbocycles. The highest BCUT2D eigenvalue weighted by Crippen LogP contribution is 2.26. The molecule has 4 nitrogen and oxygen atoms in total. The average Bonchev–Trinajstić information content (AvgIpc) is 2.19. The van der Waals surface area contributed by atoms with Gasteiger partial charge in [0.1, 0.15) is 0 Å². The summed E-state index contributed by atoms with van der Waals surface area (Å²) in [6.07, 6.45) is 0.697. The van der Waals surface area contributed by atoms with Crippen LogP contribution < -0.4 is 15.8 Å². The molecule has 0 spiro atoms. The van der Waals surface area contributed by atoms with Crippen LogP contribution in [0.25, 0.3) is 0 Å². The zero-order valence-corrected chi connectivity index (χ0v) is 7.16. The number of para-hydroxylation sites is 2. The molecule has 4 heteroatoms. The molecule has 1 aromatic rings. The summed E-state index contributed by atoms with van der Waals surface area (Å²) in [5.41, 5.74) is 4.73. The highest BCUT2D eigenvalue weighted by molar-refractivity contribution is 5.73. The number of carbonyl (C=O) groups is 1. The Morgan fingerprint density at radius 2 is 2.31 bits per heavy atom. The topological polar surface area (TPSA) is 44.4 Å². The maximum absolute atomic E-state index is 10.3. The summed E-state index contributed by atoms with van der Waals surface area (Å²) in [6.45, 7) is 1.63. The molecule has 0 bridgehead atoms. The molecule has 1 aliphatic heterocycles. The number of amides is 1. The van der Waals surface area contributed by atoms with Crippen molar-refractivity contribution < 1.29 is 4.79 Å². The molecule has 0 aromatic heterocycles. The Labute approximate surface area is 76.5 Å². The van der Waals surface area contributed by atoms with E-state index in [-0.39, 0.29) is 0 Å². The van der Waals surface area contributed by atoms with Gasteiger partial charge in [0, 0.05) is 6.54 Å². The first kappa shape index (κ1) is 7.91. The fourth-order valence-electron chi connectivity index (χ4n) is 1.48. The number of hydrazine groups is 1. The summed E-state index contributed by atoms with van der Waals surface area (Å²) < 4.78 is 0. The number of rotatable bonds is 2. The molecule has 1 aliphatic rings. The summed E-state index contributed by atoms with van der Waals surface area (Å²) in [4.78, 5) is 10.3. The minimum absolute atomic E-state index is 0.697. The van der Waals surface area contributed by atoms with Gasteiger partial charge in [0.15, 0.2) is 0 Å². The van der Waals surface area contributed by atoms with Gasteiger partial charge in [-0.2, -0.15) is 0 Å². The molecular weight excluding hydrogens is 166 g/mol. The number of carbonyl (C=O) groups excluding carboxylic acids is 1. The number of nitrogens with zero attached hydrogens (tertiary/aromatic N) is 1.